The fourth-order valence-corrected chi connectivity index (χ4v) is 3.12. The SMILES string of the molecule is Cc1ccc2cc(C3NCCC3CN)n(C)c2c1. The lowest BCUT2D eigenvalue weighted by molar-refractivity contribution is 0.455. The molecule has 18 heavy (non-hydrogen) atoms. The average Bonchev–Trinajstić information content (AvgIpc) is 2.94. The minimum absolute atomic E-state index is 0.410. The Balaban J connectivity index is 2.09. The number of fused-ring (bicyclic) bond motifs is 1. The molecule has 3 heteroatoms. The van der Waals surface area contributed by atoms with Gasteiger partial charge in [-0.3, -0.25) is 0 Å². The summed E-state index contributed by atoms with van der Waals surface area (Å²) in [7, 11) is 2.16. The molecule has 0 amide bonds. The number of aromatic nitrogens is 1. The highest BCUT2D eigenvalue weighted by Crippen LogP contribution is 2.32. The van der Waals surface area contributed by atoms with Crippen molar-refractivity contribution in [1.29, 1.82) is 0 Å². The van der Waals surface area contributed by atoms with Gasteiger partial charge < -0.3 is 15.6 Å². The van der Waals surface area contributed by atoms with E-state index in [4.69, 9.17) is 5.73 Å². The monoisotopic (exact) mass is 243 g/mol. The van der Waals surface area contributed by atoms with Crippen molar-refractivity contribution in [3.05, 3.63) is 35.5 Å². The first kappa shape index (κ1) is 11.8. The summed E-state index contributed by atoms with van der Waals surface area (Å²) in [6, 6.07) is 9.36. The van der Waals surface area contributed by atoms with Crippen LogP contribution in [-0.4, -0.2) is 17.7 Å². The second kappa shape index (κ2) is 4.41. The molecule has 2 aromatic rings. The normalized spacial score (nSPS) is 23.9. The second-order valence-electron chi connectivity index (χ2n) is 5.41. The van der Waals surface area contributed by atoms with Gasteiger partial charge in [-0.15, -0.1) is 0 Å². The standard InChI is InChI=1S/C15H21N3/c1-10-3-4-11-8-14(18(2)13(11)7-10)15-12(9-16)5-6-17-15/h3-4,7-8,12,15,17H,5-6,9,16H2,1-2H3. The van der Waals surface area contributed by atoms with Crippen LogP contribution in [0.5, 0.6) is 0 Å². The first-order valence-corrected chi connectivity index (χ1v) is 6.70. The van der Waals surface area contributed by atoms with Crippen molar-refractivity contribution in [3.63, 3.8) is 0 Å². The van der Waals surface area contributed by atoms with Gasteiger partial charge in [0.2, 0.25) is 0 Å². The van der Waals surface area contributed by atoms with Crippen LogP contribution in [0.2, 0.25) is 0 Å². The molecule has 1 aromatic heterocycles. The molecule has 0 saturated carbocycles. The lowest BCUT2D eigenvalue weighted by atomic mass is 9.98. The Labute approximate surface area is 108 Å². The minimum Gasteiger partial charge on any atom is -0.346 e. The molecule has 96 valence electrons. The maximum atomic E-state index is 5.88. The topological polar surface area (TPSA) is 43.0 Å². The number of hydrogen-bond acceptors (Lipinski definition) is 2. The Bertz CT molecular complexity index is 570. The summed E-state index contributed by atoms with van der Waals surface area (Å²) in [6.07, 6.45) is 1.18. The predicted octanol–water partition coefficient (Wildman–Crippen LogP) is 2.10. The van der Waals surface area contributed by atoms with Gasteiger partial charge in [0.05, 0.1) is 6.04 Å². The zero-order valence-electron chi connectivity index (χ0n) is 11.1. The first-order valence-electron chi connectivity index (χ1n) is 6.70. The summed E-state index contributed by atoms with van der Waals surface area (Å²) in [4.78, 5) is 0. The summed E-state index contributed by atoms with van der Waals surface area (Å²) in [5.74, 6) is 0.564. The van der Waals surface area contributed by atoms with Crippen LogP contribution in [0, 0.1) is 12.8 Å². The highest BCUT2D eigenvalue weighted by atomic mass is 15.0. The Kier molecular flexibility index (Phi) is 2.88. The van der Waals surface area contributed by atoms with Crippen molar-refractivity contribution in [1.82, 2.24) is 9.88 Å². The molecule has 1 saturated heterocycles. The van der Waals surface area contributed by atoms with E-state index >= 15 is 0 Å². The zero-order valence-corrected chi connectivity index (χ0v) is 11.1. The third-order valence-electron chi connectivity index (χ3n) is 4.21. The molecule has 0 radical (unpaired) electrons. The number of benzene rings is 1. The number of nitrogens with two attached hydrogens (primary N) is 1. The number of nitrogens with one attached hydrogen (secondary N) is 1. The number of hydrogen-bond donors (Lipinski definition) is 2. The van der Waals surface area contributed by atoms with Crippen LogP contribution < -0.4 is 11.1 Å². The molecule has 1 fully saturated rings. The van der Waals surface area contributed by atoms with E-state index in [1.165, 1.54) is 28.6 Å². The molecule has 0 spiro atoms. The van der Waals surface area contributed by atoms with Gasteiger partial charge in [0.15, 0.2) is 0 Å². The summed E-state index contributed by atoms with van der Waals surface area (Å²) < 4.78 is 2.31. The van der Waals surface area contributed by atoms with E-state index in [0.717, 1.165) is 13.1 Å². The predicted molar refractivity (Wildman–Crippen MR) is 75.6 cm³/mol. The van der Waals surface area contributed by atoms with E-state index in [1.54, 1.807) is 0 Å². The van der Waals surface area contributed by atoms with Crippen LogP contribution in [0.3, 0.4) is 0 Å². The van der Waals surface area contributed by atoms with E-state index in [9.17, 15) is 0 Å². The molecule has 0 aliphatic carbocycles. The van der Waals surface area contributed by atoms with Gasteiger partial charge in [-0.05, 0) is 55.4 Å². The van der Waals surface area contributed by atoms with E-state index in [-0.39, 0.29) is 0 Å². The highest BCUT2D eigenvalue weighted by molar-refractivity contribution is 5.82. The quantitative estimate of drug-likeness (QED) is 0.848. The van der Waals surface area contributed by atoms with Crippen LogP contribution >= 0.6 is 0 Å². The maximum absolute atomic E-state index is 5.88. The minimum atomic E-state index is 0.410. The van der Waals surface area contributed by atoms with Crippen LogP contribution in [0.4, 0.5) is 0 Å². The van der Waals surface area contributed by atoms with Gasteiger partial charge in [0, 0.05) is 18.3 Å². The van der Waals surface area contributed by atoms with E-state index in [0.29, 0.717) is 12.0 Å². The fraction of sp³-hybridized carbons (Fsp3) is 0.467. The van der Waals surface area contributed by atoms with E-state index in [1.807, 2.05) is 0 Å². The van der Waals surface area contributed by atoms with Crippen molar-refractivity contribution in [2.75, 3.05) is 13.1 Å². The van der Waals surface area contributed by atoms with Gasteiger partial charge in [-0.1, -0.05) is 12.1 Å². The molecule has 1 aliphatic heterocycles. The zero-order chi connectivity index (χ0) is 12.7. The molecule has 1 aliphatic rings. The summed E-state index contributed by atoms with van der Waals surface area (Å²) in [5, 5.41) is 4.91. The highest BCUT2D eigenvalue weighted by Gasteiger charge is 2.29. The Morgan fingerprint density at radius 1 is 1.39 bits per heavy atom. The number of aryl methyl sites for hydroxylation is 2. The first-order chi connectivity index (χ1) is 8.70. The third-order valence-corrected chi connectivity index (χ3v) is 4.21. The summed E-state index contributed by atoms with van der Waals surface area (Å²) in [6.45, 7) is 3.98. The van der Waals surface area contributed by atoms with Crippen LogP contribution in [-0.2, 0) is 7.05 Å². The Hall–Kier alpha value is -1.32. The van der Waals surface area contributed by atoms with Gasteiger partial charge in [0.25, 0.3) is 0 Å². The van der Waals surface area contributed by atoms with Crippen molar-refractivity contribution < 1.29 is 0 Å². The Morgan fingerprint density at radius 3 is 3.00 bits per heavy atom. The lowest BCUT2D eigenvalue weighted by Crippen LogP contribution is -2.25. The van der Waals surface area contributed by atoms with Gasteiger partial charge in [0.1, 0.15) is 0 Å². The average molecular weight is 243 g/mol. The van der Waals surface area contributed by atoms with E-state index < -0.39 is 0 Å². The molecule has 2 heterocycles. The van der Waals surface area contributed by atoms with Crippen molar-refractivity contribution in [2.24, 2.45) is 18.7 Å². The second-order valence-corrected chi connectivity index (χ2v) is 5.41. The fourth-order valence-electron chi connectivity index (χ4n) is 3.12. The van der Waals surface area contributed by atoms with Crippen molar-refractivity contribution in [2.45, 2.75) is 19.4 Å². The van der Waals surface area contributed by atoms with Crippen LogP contribution in [0.15, 0.2) is 24.3 Å². The Morgan fingerprint density at radius 2 is 2.22 bits per heavy atom. The van der Waals surface area contributed by atoms with Gasteiger partial charge in [-0.2, -0.15) is 0 Å². The molecule has 2 unspecified atom stereocenters. The molecule has 0 bridgehead atoms. The van der Waals surface area contributed by atoms with Gasteiger partial charge >= 0.3 is 0 Å². The van der Waals surface area contributed by atoms with Crippen LogP contribution in [0.25, 0.3) is 10.9 Å². The molecule has 1 aromatic carbocycles. The lowest BCUT2D eigenvalue weighted by Gasteiger charge is -2.19. The van der Waals surface area contributed by atoms with Crippen LogP contribution in [0.1, 0.15) is 23.7 Å². The molecular formula is C15H21N3. The molecule has 3 rings (SSSR count). The van der Waals surface area contributed by atoms with E-state index in [2.05, 4.69) is 48.1 Å². The third kappa shape index (κ3) is 1.74. The van der Waals surface area contributed by atoms with Crippen molar-refractivity contribution >= 4 is 10.9 Å². The molecular weight excluding hydrogens is 222 g/mol. The van der Waals surface area contributed by atoms with Crippen molar-refractivity contribution in [3.8, 4) is 0 Å². The molecule has 2 atom stereocenters. The number of rotatable bonds is 2. The molecule has 3 N–H and O–H groups in total. The molecule has 3 nitrogen and oxygen atoms in total. The van der Waals surface area contributed by atoms with Gasteiger partial charge in [-0.25, -0.2) is 0 Å². The number of nitrogens with zero attached hydrogens (tertiary/aromatic N) is 1. The largest absolute Gasteiger partial charge is 0.346 e. The summed E-state index contributed by atoms with van der Waals surface area (Å²) >= 11 is 0. The summed E-state index contributed by atoms with van der Waals surface area (Å²) in [5.41, 5.74) is 9.87. The smallest absolute Gasteiger partial charge is 0.0516 e. The maximum Gasteiger partial charge on any atom is 0.0516 e.